The monoisotopic (exact) mass is 353 g/mol. The first-order chi connectivity index (χ1) is 12.7. The smallest absolute Gasteiger partial charge is 0.223 e. The third-order valence-corrected chi connectivity index (χ3v) is 5.28. The summed E-state index contributed by atoms with van der Waals surface area (Å²) in [5.41, 5.74) is 1.98. The van der Waals surface area contributed by atoms with Crippen molar-refractivity contribution in [1.29, 1.82) is 0 Å². The number of rotatable bonds is 7. The quantitative estimate of drug-likeness (QED) is 0.725. The lowest BCUT2D eigenvalue weighted by Gasteiger charge is -2.35. The lowest BCUT2D eigenvalue weighted by atomic mass is 9.94. The van der Waals surface area contributed by atoms with Gasteiger partial charge in [0, 0.05) is 13.0 Å². The molecule has 0 radical (unpaired) electrons. The fourth-order valence-electron chi connectivity index (χ4n) is 3.68. The highest BCUT2D eigenvalue weighted by Crippen LogP contribution is 2.41. The zero-order valence-electron chi connectivity index (χ0n) is 14.8. The van der Waals surface area contributed by atoms with Crippen molar-refractivity contribution in [1.82, 2.24) is 4.90 Å². The molecule has 1 aliphatic heterocycles. The Labute approximate surface area is 153 Å². The number of halogens is 1. The Hall–Kier alpha value is -2.20. The first kappa shape index (κ1) is 17.2. The minimum atomic E-state index is -0.291. The molecule has 136 valence electrons. The molecule has 0 unspecified atom stereocenters. The molecule has 1 saturated heterocycles. The Bertz CT molecular complexity index is 742. The third kappa shape index (κ3) is 3.80. The molecule has 1 amide bonds. The van der Waals surface area contributed by atoms with Crippen LogP contribution in [0.15, 0.2) is 54.6 Å². The second kappa shape index (κ2) is 7.58. The number of carbonyl (C=O) groups is 1. The summed E-state index contributed by atoms with van der Waals surface area (Å²) in [5, 5.41) is 0. The number of hydrogen-bond acceptors (Lipinski definition) is 2. The van der Waals surface area contributed by atoms with E-state index in [1.54, 1.807) is 12.1 Å². The van der Waals surface area contributed by atoms with Crippen LogP contribution >= 0.6 is 0 Å². The van der Waals surface area contributed by atoms with Gasteiger partial charge in [-0.1, -0.05) is 42.5 Å². The summed E-state index contributed by atoms with van der Waals surface area (Å²) in [6, 6.07) is 16.4. The van der Waals surface area contributed by atoms with Gasteiger partial charge in [-0.25, -0.2) is 4.39 Å². The Morgan fingerprint density at radius 3 is 2.38 bits per heavy atom. The van der Waals surface area contributed by atoms with Crippen molar-refractivity contribution < 1.29 is 13.9 Å². The van der Waals surface area contributed by atoms with E-state index in [9.17, 15) is 9.18 Å². The van der Waals surface area contributed by atoms with Crippen molar-refractivity contribution in [2.45, 2.75) is 37.8 Å². The summed E-state index contributed by atoms with van der Waals surface area (Å²) in [7, 11) is 0. The zero-order chi connectivity index (χ0) is 17.9. The Morgan fingerprint density at radius 1 is 1.04 bits per heavy atom. The van der Waals surface area contributed by atoms with E-state index in [1.807, 2.05) is 35.2 Å². The second-order valence-electron chi connectivity index (χ2n) is 7.30. The van der Waals surface area contributed by atoms with Gasteiger partial charge >= 0.3 is 0 Å². The molecule has 4 heteroatoms. The molecule has 0 spiro atoms. The van der Waals surface area contributed by atoms with Gasteiger partial charge in [0.15, 0.2) is 0 Å². The van der Waals surface area contributed by atoms with Crippen molar-refractivity contribution in [2.75, 3.05) is 13.2 Å². The van der Waals surface area contributed by atoms with Crippen LogP contribution in [0.2, 0.25) is 0 Å². The molecular formula is C22H24FNO2. The lowest BCUT2D eigenvalue weighted by Crippen LogP contribution is -2.35. The van der Waals surface area contributed by atoms with Crippen molar-refractivity contribution in [2.24, 2.45) is 5.92 Å². The van der Waals surface area contributed by atoms with Crippen LogP contribution in [0.5, 0.6) is 0 Å². The molecule has 2 aromatic rings. The minimum Gasteiger partial charge on any atom is -0.371 e. The summed E-state index contributed by atoms with van der Waals surface area (Å²) in [5.74, 6) is 0.521. The van der Waals surface area contributed by atoms with Gasteiger partial charge in [0.2, 0.25) is 5.91 Å². The number of likely N-dealkylation sites (tertiary alicyclic amines) is 1. The number of amides is 1. The van der Waals surface area contributed by atoms with Gasteiger partial charge in [0.05, 0.1) is 12.6 Å². The van der Waals surface area contributed by atoms with Gasteiger partial charge in [-0.05, 0) is 48.4 Å². The molecule has 1 saturated carbocycles. The van der Waals surface area contributed by atoms with Crippen LogP contribution in [-0.4, -0.2) is 24.0 Å². The molecule has 26 heavy (non-hydrogen) atoms. The van der Waals surface area contributed by atoms with Crippen LogP contribution in [0.4, 0.5) is 4.39 Å². The van der Waals surface area contributed by atoms with E-state index >= 15 is 0 Å². The second-order valence-corrected chi connectivity index (χ2v) is 7.30. The van der Waals surface area contributed by atoms with Gasteiger partial charge in [0.25, 0.3) is 0 Å². The summed E-state index contributed by atoms with van der Waals surface area (Å²) < 4.78 is 19.8. The maximum absolute atomic E-state index is 13.5. The van der Waals surface area contributed by atoms with E-state index in [4.69, 9.17) is 4.74 Å². The van der Waals surface area contributed by atoms with E-state index in [0.717, 1.165) is 24.1 Å². The largest absolute Gasteiger partial charge is 0.371 e. The fraction of sp³-hybridized carbons (Fsp3) is 0.409. The van der Waals surface area contributed by atoms with Gasteiger partial charge < -0.3 is 9.64 Å². The molecule has 0 aromatic heterocycles. The van der Waals surface area contributed by atoms with Gasteiger partial charge in [0.1, 0.15) is 11.9 Å². The maximum atomic E-state index is 13.5. The van der Waals surface area contributed by atoms with Crippen molar-refractivity contribution in [3.05, 3.63) is 71.5 Å². The average Bonchev–Trinajstić information content (AvgIpc) is 3.41. The van der Waals surface area contributed by atoms with E-state index in [2.05, 4.69) is 0 Å². The van der Waals surface area contributed by atoms with Crippen LogP contribution in [0.1, 0.15) is 49.0 Å². The molecule has 0 N–H and O–H groups in total. The molecule has 2 aliphatic rings. The SMILES string of the molecule is O=C1CCCN1[C@H](c1ccccc1)[C@H](OCC1CC1)c1ccc(F)cc1. The van der Waals surface area contributed by atoms with Crippen LogP contribution in [0.3, 0.4) is 0 Å². The molecule has 2 aromatic carbocycles. The molecule has 1 aliphatic carbocycles. The molecule has 2 atom stereocenters. The van der Waals surface area contributed by atoms with Gasteiger partial charge in [-0.3, -0.25) is 4.79 Å². The first-order valence-corrected chi connectivity index (χ1v) is 9.44. The van der Waals surface area contributed by atoms with E-state index in [-0.39, 0.29) is 23.9 Å². The topological polar surface area (TPSA) is 29.5 Å². The van der Waals surface area contributed by atoms with Crippen molar-refractivity contribution >= 4 is 5.91 Å². The molecule has 0 bridgehead atoms. The first-order valence-electron chi connectivity index (χ1n) is 9.44. The number of hydrogen-bond donors (Lipinski definition) is 0. The predicted octanol–water partition coefficient (Wildman–Crippen LogP) is 4.66. The van der Waals surface area contributed by atoms with Crippen LogP contribution in [0, 0.1) is 11.7 Å². The van der Waals surface area contributed by atoms with E-state index < -0.39 is 0 Å². The number of nitrogens with zero attached hydrogens (tertiary/aromatic N) is 1. The minimum absolute atomic E-state index is 0.168. The molecule has 2 fully saturated rings. The average molecular weight is 353 g/mol. The Kier molecular flexibility index (Phi) is 5.02. The van der Waals surface area contributed by atoms with Crippen LogP contribution in [0.25, 0.3) is 0 Å². The number of benzene rings is 2. The zero-order valence-corrected chi connectivity index (χ0v) is 14.8. The standard InChI is InChI=1S/C22H24FNO2/c23-19-12-10-18(11-13-19)22(26-15-16-8-9-16)21(17-5-2-1-3-6-17)24-14-4-7-20(24)25/h1-3,5-6,10-13,16,21-22H,4,7-9,14-15H2/t21-,22-/m1/s1. The normalized spacial score (nSPS) is 19.6. The highest BCUT2D eigenvalue weighted by molar-refractivity contribution is 5.78. The molecule has 3 nitrogen and oxygen atoms in total. The number of carbonyl (C=O) groups excluding carboxylic acids is 1. The van der Waals surface area contributed by atoms with E-state index in [0.29, 0.717) is 18.9 Å². The van der Waals surface area contributed by atoms with Crippen LogP contribution < -0.4 is 0 Å². The summed E-state index contributed by atoms with van der Waals surface area (Å²) in [6.07, 6.45) is 3.58. The highest BCUT2D eigenvalue weighted by Gasteiger charge is 2.37. The number of ether oxygens (including phenoxy) is 1. The third-order valence-electron chi connectivity index (χ3n) is 5.28. The van der Waals surface area contributed by atoms with Crippen molar-refractivity contribution in [3.63, 3.8) is 0 Å². The predicted molar refractivity (Wildman–Crippen MR) is 97.9 cm³/mol. The van der Waals surface area contributed by atoms with Gasteiger partial charge in [-0.2, -0.15) is 0 Å². The summed E-state index contributed by atoms with van der Waals surface area (Å²) in [4.78, 5) is 14.5. The molecule has 4 rings (SSSR count). The van der Waals surface area contributed by atoms with Crippen molar-refractivity contribution in [3.8, 4) is 0 Å². The van der Waals surface area contributed by atoms with Crippen LogP contribution in [-0.2, 0) is 9.53 Å². The fourth-order valence-corrected chi connectivity index (χ4v) is 3.68. The summed E-state index contributed by atoms with van der Waals surface area (Å²) in [6.45, 7) is 1.43. The Morgan fingerprint density at radius 2 is 1.77 bits per heavy atom. The van der Waals surface area contributed by atoms with E-state index in [1.165, 1.54) is 25.0 Å². The summed E-state index contributed by atoms with van der Waals surface area (Å²) >= 11 is 0. The van der Waals surface area contributed by atoms with Gasteiger partial charge in [-0.15, -0.1) is 0 Å². The maximum Gasteiger partial charge on any atom is 0.223 e. The highest BCUT2D eigenvalue weighted by atomic mass is 19.1. The molecule has 1 heterocycles. The Balaban J connectivity index is 1.71. The lowest BCUT2D eigenvalue weighted by molar-refractivity contribution is -0.133. The molecular weight excluding hydrogens is 329 g/mol.